The fourth-order valence-corrected chi connectivity index (χ4v) is 2.45. The van der Waals surface area contributed by atoms with Gasteiger partial charge in [-0.2, -0.15) is 13.7 Å². The second-order valence-corrected chi connectivity index (χ2v) is 5.50. The third-order valence-electron chi connectivity index (χ3n) is 2.52. The minimum atomic E-state index is -3.91. The second kappa shape index (κ2) is 5.12. The highest BCUT2D eigenvalue weighted by Crippen LogP contribution is 2.22. The van der Waals surface area contributed by atoms with E-state index in [0.29, 0.717) is 0 Å². The van der Waals surface area contributed by atoms with Crippen molar-refractivity contribution >= 4 is 10.1 Å². The lowest BCUT2D eigenvalue weighted by Gasteiger charge is -2.08. The highest BCUT2D eigenvalue weighted by atomic mass is 32.2. The van der Waals surface area contributed by atoms with Crippen LogP contribution in [0, 0.1) is 18.3 Å². The molecule has 0 atom stereocenters. The molecule has 2 aromatic rings. The number of aryl methyl sites for hydroxylation is 1. The fourth-order valence-electron chi connectivity index (χ4n) is 1.50. The predicted octanol–water partition coefficient (Wildman–Crippen LogP) is 2.63. The lowest BCUT2D eigenvalue weighted by Crippen LogP contribution is -2.10. The molecule has 0 aliphatic carbocycles. The van der Waals surface area contributed by atoms with Crippen molar-refractivity contribution in [3.8, 4) is 11.8 Å². The molecule has 0 aliphatic rings. The molecule has 2 aromatic carbocycles. The standard InChI is InChI=1S/C14H11NO3S/c1-11-6-8-13(9-7-11)19(16,17)18-14-5-3-2-4-12(14)10-15/h2-9H,1H3. The zero-order valence-corrected chi connectivity index (χ0v) is 11.0. The van der Waals surface area contributed by atoms with E-state index in [1.54, 1.807) is 24.3 Å². The van der Waals surface area contributed by atoms with E-state index in [1.165, 1.54) is 24.3 Å². The molecule has 5 heteroatoms. The summed E-state index contributed by atoms with van der Waals surface area (Å²) in [5.74, 6) is 0.0329. The van der Waals surface area contributed by atoms with Crippen molar-refractivity contribution in [3.63, 3.8) is 0 Å². The van der Waals surface area contributed by atoms with Crippen LogP contribution in [0.1, 0.15) is 11.1 Å². The topological polar surface area (TPSA) is 67.2 Å². The van der Waals surface area contributed by atoms with Gasteiger partial charge >= 0.3 is 10.1 Å². The number of para-hydroxylation sites is 1. The molecule has 2 rings (SSSR count). The van der Waals surface area contributed by atoms with Crippen molar-refractivity contribution in [1.29, 1.82) is 5.26 Å². The molecule has 96 valence electrons. The van der Waals surface area contributed by atoms with Crippen LogP contribution in [0.15, 0.2) is 53.4 Å². The Kier molecular flexibility index (Phi) is 3.54. The molecule has 4 nitrogen and oxygen atoms in total. The van der Waals surface area contributed by atoms with Crippen molar-refractivity contribution < 1.29 is 12.6 Å². The molecule has 0 saturated carbocycles. The third-order valence-corrected chi connectivity index (χ3v) is 3.77. The maximum Gasteiger partial charge on any atom is 0.339 e. The number of nitrogens with zero attached hydrogens (tertiary/aromatic N) is 1. The Morgan fingerprint density at radius 3 is 2.32 bits per heavy atom. The average molecular weight is 273 g/mol. The predicted molar refractivity (Wildman–Crippen MR) is 70.1 cm³/mol. The minimum Gasteiger partial charge on any atom is -0.378 e. The molecule has 0 unspecified atom stereocenters. The van der Waals surface area contributed by atoms with Gasteiger partial charge in [0.2, 0.25) is 0 Å². The molecule has 19 heavy (non-hydrogen) atoms. The molecular weight excluding hydrogens is 262 g/mol. The van der Waals surface area contributed by atoms with Crippen LogP contribution in [0.3, 0.4) is 0 Å². The number of benzene rings is 2. The third kappa shape index (κ3) is 2.92. The van der Waals surface area contributed by atoms with Gasteiger partial charge < -0.3 is 4.18 Å². The quantitative estimate of drug-likeness (QED) is 0.806. The molecule has 0 fully saturated rings. The fraction of sp³-hybridized carbons (Fsp3) is 0.0714. The lowest BCUT2D eigenvalue weighted by atomic mass is 10.2. The first-order valence-corrected chi connectivity index (χ1v) is 6.94. The van der Waals surface area contributed by atoms with Gasteiger partial charge in [0.05, 0.1) is 5.56 Å². The van der Waals surface area contributed by atoms with E-state index in [4.69, 9.17) is 9.44 Å². The van der Waals surface area contributed by atoms with Gasteiger partial charge in [-0.05, 0) is 31.2 Å². The Hall–Kier alpha value is -2.32. The average Bonchev–Trinajstić information content (AvgIpc) is 2.39. The summed E-state index contributed by atoms with van der Waals surface area (Å²) in [4.78, 5) is 0.0610. The van der Waals surface area contributed by atoms with Crippen LogP contribution in [-0.2, 0) is 10.1 Å². The molecule has 0 radical (unpaired) electrons. The van der Waals surface area contributed by atoms with Gasteiger partial charge in [-0.1, -0.05) is 29.8 Å². The summed E-state index contributed by atoms with van der Waals surface area (Å²) < 4.78 is 29.1. The van der Waals surface area contributed by atoms with Crippen LogP contribution < -0.4 is 4.18 Å². The van der Waals surface area contributed by atoms with E-state index in [-0.39, 0.29) is 16.2 Å². The van der Waals surface area contributed by atoms with Crippen LogP contribution in [0.25, 0.3) is 0 Å². The summed E-state index contributed by atoms with van der Waals surface area (Å²) in [6.07, 6.45) is 0. The Labute approximate surface area is 112 Å². The Morgan fingerprint density at radius 1 is 1.05 bits per heavy atom. The Bertz CT molecular complexity index is 728. The molecule has 0 aromatic heterocycles. The van der Waals surface area contributed by atoms with Gasteiger partial charge in [-0.25, -0.2) is 0 Å². The Morgan fingerprint density at radius 2 is 1.68 bits per heavy atom. The van der Waals surface area contributed by atoms with Gasteiger partial charge in [0.1, 0.15) is 11.0 Å². The largest absolute Gasteiger partial charge is 0.378 e. The molecule has 0 N–H and O–H groups in total. The monoisotopic (exact) mass is 273 g/mol. The molecule has 0 heterocycles. The zero-order valence-electron chi connectivity index (χ0n) is 10.2. The normalized spacial score (nSPS) is 10.7. The van der Waals surface area contributed by atoms with Gasteiger partial charge in [0.15, 0.2) is 5.75 Å². The van der Waals surface area contributed by atoms with E-state index in [2.05, 4.69) is 0 Å². The summed E-state index contributed by atoms with van der Waals surface area (Å²) in [6.45, 7) is 1.86. The summed E-state index contributed by atoms with van der Waals surface area (Å²) in [5.41, 5.74) is 1.13. The number of rotatable bonds is 3. The van der Waals surface area contributed by atoms with Gasteiger partial charge in [0, 0.05) is 0 Å². The van der Waals surface area contributed by atoms with Crippen molar-refractivity contribution in [1.82, 2.24) is 0 Å². The van der Waals surface area contributed by atoms with Crippen molar-refractivity contribution in [3.05, 3.63) is 59.7 Å². The van der Waals surface area contributed by atoms with E-state index < -0.39 is 10.1 Å². The highest BCUT2D eigenvalue weighted by molar-refractivity contribution is 7.87. The van der Waals surface area contributed by atoms with Crippen LogP contribution in [-0.4, -0.2) is 8.42 Å². The van der Waals surface area contributed by atoms with Crippen molar-refractivity contribution in [2.75, 3.05) is 0 Å². The lowest BCUT2D eigenvalue weighted by molar-refractivity contribution is 0.485. The van der Waals surface area contributed by atoms with E-state index >= 15 is 0 Å². The summed E-state index contributed by atoms with van der Waals surface area (Å²) in [5, 5.41) is 8.90. The summed E-state index contributed by atoms with van der Waals surface area (Å²) in [6, 6.07) is 14.4. The molecule has 0 spiro atoms. The van der Waals surface area contributed by atoms with Crippen LogP contribution >= 0.6 is 0 Å². The maximum atomic E-state index is 12.0. The molecule has 0 bridgehead atoms. The summed E-state index contributed by atoms with van der Waals surface area (Å²) >= 11 is 0. The van der Waals surface area contributed by atoms with Crippen LogP contribution in [0.5, 0.6) is 5.75 Å². The molecular formula is C14H11NO3S. The first-order chi connectivity index (χ1) is 9.03. The first-order valence-electron chi connectivity index (χ1n) is 5.53. The van der Waals surface area contributed by atoms with E-state index in [9.17, 15) is 8.42 Å². The van der Waals surface area contributed by atoms with Gasteiger partial charge in [0.25, 0.3) is 0 Å². The highest BCUT2D eigenvalue weighted by Gasteiger charge is 2.17. The minimum absolute atomic E-state index is 0.0329. The van der Waals surface area contributed by atoms with E-state index in [0.717, 1.165) is 5.56 Å². The zero-order chi connectivity index (χ0) is 13.9. The van der Waals surface area contributed by atoms with E-state index in [1.807, 2.05) is 13.0 Å². The Balaban J connectivity index is 2.37. The first kappa shape index (κ1) is 13.1. The summed E-state index contributed by atoms with van der Waals surface area (Å²) in [7, 11) is -3.91. The van der Waals surface area contributed by atoms with Crippen LogP contribution in [0.2, 0.25) is 0 Å². The number of nitriles is 1. The smallest absolute Gasteiger partial charge is 0.339 e. The van der Waals surface area contributed by atoms with Gasteiger partial charge in [-0.3, -0.25) is 0 Å². The van der Waals surface area contributed by atoms with Crippen LogP contribution in [0.4, 0.5) is 0 Å². The molecule has 0 saturated heterocycles. The van der Waals surface area contributed by atoms with Gasteiger partial charge in [-0.15, -0.1) is 0 Å². The number of hydrogen-bond donors (Lipinski definition) is 0. The number of hydrogen-bond acceptors (Lipinski definition) is 4. The molecule has 0 aliphatic heterocycles. The SMILES string of the molecule is Cc1ccc(S(=O)(=O)Oc2ccccc2C#N)cc1. The van der Waals surface area contributed by atoms with Crippen molar-refractivity contribution in [2.45, 2.75) is 11.8 Å². The molecule has 0 amide bonds. The second-order valence-electron chi connectivity index (χ2n) is 3.96. The van der Waals surface area contributed by atoms with Crippen molar-refractivity contribution in [2.24, 2.45) is 0 Å². The maximum absolute atomic E-state index is 12.0.